The molecule has 1 amide bonds. The average Bonchev–Trinajstić information content (AvgIpc) is 2.67. The van der Waals surface area contributed by atoms with E-state index in [1.54, 1.807) is 12.3 Å². The molecule has 6 nitrogen and oxygen atoms in total. The Morgan fingerprint density at radius 2 is 2.09 bits per heavy atom. The summed E-state index contributed by atoms with van der Waals surface area (Å²) in [4.78, 5) is 15.9. The van der Waals surface area contributed by atoms with Crippen molar-refractivity contribution in [1.82, 2.24) is 10.3 Å². The zero-order valence-corrected chi connectivity index (χ0v) is 14.8. The third-order valence-corrected chi connectivity index (χ3v) is 3.34. The summed E-state index contributed by atoms with van der Waals surface area (Å²) in [7, 11) is 0. The molecule has 1 aliphatic heterocycles. The normalized spacial score (nSPS) is 18.3. The number of rotatable bonds is 3. The van der Waals surface area contributed by atoms with Crippen molar-refractivity contribution in [3.63, 3.8) is 0 Å². The topological polar surface area (TPSA) is 75.3 Å². The van der Waals surface area contributed by atoms with Gasteiger partial charge < -0.3 is 15.4 Å². The van der Waals surface area contributed by atoms with E-state index in [9.17, 15) is 4.79 Å². The zero-order chi connectivity index (χ0) is 16.0. The summed E-state index contributed by atoms with van der Waals surface area (Å²) in [5.74, 6) is 0.488. The van der Waals surface area contributed by atoms with Gasteiger partial charge in [0.1, 0.15) is 11.4 Å². The lowest BCUT2D eigenvalue weighted by Crippen LogP contribution is -2.27. The summed E-state index contributed by atoms with van der Waals surface area (Å²) in [6, 6.07) is 4.18. The van der Waals surface area contributed by atoms with E-state index in [0.717, 1.165) is 31.6 Å². The number of hydrogen-bond donors (Lipinski definition) is 3. The molecule has 1 fully saturated rings. The lowest BCUT2D eigenvalue weighted by molar-refractivity contribution is 0.0635. The molecule has 0 spiro atoms. The van der Waals surface area contributed by atoms with Crippen LogP contribution in [0.5, 0.6) is 0 Å². The van der Waals surface area contributed by atoms with Gasteiger partial charge in [-0.2, -0.15) is 0 Å². The molecule has 0 radical (unpaired) electrons. The lowest BCUT2D eigenvalue weighted by Gasteiger charge is -2.20. The fourth-order valence-electron chi connectivity index (χ4n) is 2.36. The first-order chi connectivity index (χ1) is 10.4. The quantitative estimate of drug-likeness (QED) is 0.785. The largest absolute Gasteiger partial charge is 0.444 e. The van der Waals surface area contributed by atoms with E-state index in [-0.39, 0.29) is 12.4 Å². The first-order valence-corrected chi connectivity index (χ1v) is 7.86. The van der Waals surface area contributed by atoms with E-state index in [0.29, 0.717) is 11.9 Å². The number of carbonyl (C=O) groups is 1. The predicted octanol–water partition coefficient (Wildman–Crippen LogP) is 3.40. The Morgan fingerprint density at radius 3 is 2.74 bits per heavy atom. The summed E-state index contributed by atoms with van der Waals surface area (Å²) in [6.45, 7) is 7.62. The van der Waals surface area contributed by atoms with Crippen LogP contribution in [-0.4, -0.2) is 35.8 Å². The third-order valence-electron chi connectivity index (χ3n) is 3.34. The molecule has 0 aromatic carbocycles. The molecule has 130 valence electrons. The van der Waals surface area contributed by atoms with Gasteiger partial charge in [0, 0.05) is 6.04 Å². The number of halogens is 1. The number of nitrogens with zero attached hydrogens (tertiary/aromatic N) is 1. The van der Waals surface area contributed by atoms with Gasteiger partial charge in [-0.25, -0.2) is 9.78 Å². The Morgan fingerprint density at radius 1 is 1.30 bits per heavy atom. The summed E-state index contributed by atoms with van der Waals surface area (Å²) in [6.07, 6.45) is 4.70. The molecule has 2 heterocycles. The maximum Gasteiger partial charge on any atom is 0.413 e. The van der Waals surface area contributed by atoms with E-state index in [1.807, 2.05) is 26.8 Å². The van der Waals surface area contributed by atoms with Gasteiger partial charge in [-0.15, -0.1) is 12.4 Å². The molecule has 1 saturated heterocycles. The van der Waals surface area contributed by atoms with Crippen molar-refractivity contribution in [3.8, 4) is 0 Å². The molecule has 0 saturated carbocycles. The minimum atomic E-state index is -0.515. The van der Waals surface area contributed by atoms with Crippen LogP contribution in [0.3, 0.4) is 0 Å². The first-order valence-electron chi connectivity index (χ1n) is 7.86. The number of carbonyl (C=O) groups excluding carboxylic acids is 1. The Labute approximate surface area is 144 Å². The van der Waals surface area contributed by atoms with Gasteiger partial charge in [0.2, 0.25) is 0 Å². The van der Waals surface area contributed by atoms with Crippen LogP contribution in [0.2, 0.25) is 0 Å². The van der Waals surface area contributed by atoms with Crippen LogP contribution in [0.25, 0.3) is 0 Å². The molecule has 3 N–H and O–H groups in total. The van der Waals surface area contributed by atoms with Crippen LogP contribution in [0.4, 0.5) is 16.3 Å². The van der Waals surface area contributed by atoms with Gasteiger partial charge >= 0.3 is 6.09 Å². The molecule has 1 atom stereocenters. The Kier molecular flexibility index (Phi) is 7.58. The van der Waals surface area contributed by atoms with Crippen molar-refractivity contribution in [3.05, 3.63) is 18.3 Å². The second kappa shape index (κ2) is 8.93. The third kappa shape index (κ3) is 7.52. The van der Waals surface area contributed by atoms with Gasteiger partial charge in [-0.3, -0.25) is 5.32 Å². The zero-order valence-electron chi connectivity index (χ0n) is 14.0. The molecule has 1 aliphatic rings. The molecule has 7 heteroatoms. The van der Waals surface area contributed by atoms with Crippen LogP contribution in [0.1, 0.15) is 40.0 Å². The fraction of sp³-hybridized carbons (Fsp3) is 0.625. The van der Waals surface area contributed by atoms with Gasteiger partial charge in [0.15, 0.2) is 0 Å². The highest BCUT2D eigenvalue weighted by Crippen LogP contribution is 2.16. The molecule has 2 rings (SSSR count). The van der Waals surface area contributed by atoms with E-state index >= 15 is 0 Å². The van der Waals surface area contributed by atoms with Gasteiger partial charge in [0.25, 0.3) is 0 Å². The summed E-state index contributed by atoms with van der Waals surface area (Å²) >= 11 is 0. The number of aromatic nitrogens is 1. The predicted molar refractivity (Wildman–Crippen MR) is 95.5 cm³/mol. The molecular formula is C16H27ClN4O2. The maximum atomic E-state index is 11.7. The van der Waals surface area contributed by atoms with Gasteiger partial charge in [0.05, 0.1) is 11.9 Å². The Bertz CT molecular complexity index is 480. The van der Waals surface area contributed by atoms with Crippen LogP contribution >= 0.6 is 12.4 Å². The number of nitrogens with one attached hydrogen (secondary N) is 3. The highest BCUT2D eigenvalue weighted by atomic mass is 35.5. The first kappa shape index (κ1) is 19.5. The van der Waals surface area contributed by atoms with Crippen molar-refractivity contribution in [1.29, 1.82) is 0 Å². The fourth-order valence-corrected chi connectivity index (χ4v) is 2.36. The van der Waals surface area contributed by atoms with Crippen LogP contribution < -0.4 is 16.0 Å². The van der Waals surface area contributed by atoms with Crippen molar-refractivity contribution in [2.24, 2.45) is 0 Å². The minimum Gasteiger partial charge on any atom is -0.444 e. The van der Waals surface area contributed by atoms with Gasteiger partial charge in [-0.1, -0.05) is 0 Å². The molecule has 0 bridgehead atoms. The monoisotopic (exact) mass is 342 g/mol. The number of hydrogen-bond acceptors (Lipinski definition) is 5. The number of pyridine rings is 1. The summed E-state index contributed by atoms with van der Waals surface area (Å²) in [5, 5.41) is 9.52. The smallest absolute Gasteiger partial charge is 0.413 e. The SMILES string of the molecule is CC(C)(C)OC(=O)Nc1ccc(NC2CCCNCC2)cn1.Cl. The molecule has 1 aromatic rings. The van der Waals surface area contributed by atoms with E-state index in [1.165, 1.54) is 6.42 Å². The molecule has 1 unspecified atom stereocenters. The Balaban J connectivity index is 0.00000264. The lowest BCUT2D eigenvalue weighted by atomic mass is 10.1. The highest BCUT2D eigenvalue weighted by Gasteiger charge is 2.16. The van der Waals surface area contributed by atoms with Crippen LogP contribution in [-0.2, 0) is 4.74 Å². The van der Waals surface area contributed by atoms with Crippen molar-refractivity contribution in [2.75, 3.05) is 23.7 Å². The standard InChI is InChI=1S/C16H26N4O2.ClH/c1-16(2,3)22-15(21)20-14-7-6-13(11-18-14)19-12-5-4-9-17-10-8-12;/h6-7,11-12,17,19H,4-5,8-10H2,1-3H3,(H,18,20,21);1H. The van der Waals surface area contributed by atoms with Crippen LogP contribution in [0, 0.1) is 0 Å². The van der Waals surface area contributed by atoms with Crippen molar-refractivity contribution in [2.45, 2.75) is 51.7 Å². The highest BCUT2D eigenvalue weighted by molar-refractivity contribution is 5.85. The maximum absolute atomic E-state index is 11.7. The summed E-state index contributed by atoms with van der Waals surface area (Å²) < 4.78 is 5.19. The van der Waals surface area contributed by atoms with E-state index in [4.69, 9.17) is 4.74 Å². The van der Waals surface area contributed by atoms with E-state index in [2.05, 4.69) is 20.9 Å². The second-order valence-electron chi connectivity index (χ2n) is 6.58. The second-order valence-corrected chi connectivity index (χ2v) is 6.58. The Hall–Kier alpha value is -1.53. The number of amides is 1. The molecule has 0 aliphatic carbocycles. The average molecular weight is 343 g/mol. The van der Waals surface area contributed by atoms with Gasteiger partial charge in [-0.05, 0) is 65.3 Å². The molecule has 23 heavy (non-hydrogen) atoms. The van der Waals surface area contributed by atoms with Crippen molar-refractivity contribution >= 4 is 30.0 Å². The minimum absolute atomic E-state index is 0. The number of anilines is 2. The summed E-state index contributed by atoms with van der Waals surface area (Å²) in [5.41, 5.74) is 0.459. The van der Waals surface area contributed by atoms with Crippen LogP contribution in [0.15, 0.2) is 18.3 Å². The van der Waals surface area contributed by atoms with E-state index < -0.39 is 11.7 Å². The number of ether oxygens (including phenoxy) is 1. The molecular weight excluding hydrogens is 316 g/mol. The molecule has 1 aromatic heterocycles. The van der Waals surface area contributed by atoms with Crippen molar-refractivity contribution < 1.29 is 9.53 Å².